The number of para-hydroxylation sites is 1. The molecule has 6 rings (SSSR count). The molecular formula is C33H33ClN6O3. The molecule has 0 radical (unpaired) electrons. The van der Waals surface area contributed by atoms with E-state index in [-0.39, 0.29) is 29.2 Å². The summed E-state index contributed by atoms with van der Waals surface area (Å²) in [5.41, 5.74) is 11.0. The first-order chi connectivity index (χ1) is 20.6. The number of hydrogen-bond donors (Lipinski definition) is 1. The van der Waals surface area contributed by atoms with Crippen LogP contribution in [0.15, 0.2) is 96.0 Å². The second-order valence-corrected chi connectivity index (χ2v) is 12.0. The number of allylic oxidation sites excluding steroid dienone is 2. The Morgan fingerprint density at radius 3 is 2.47 bits per heavy atom. The molecule has 2 aliphatic rings. The first-order valence-electron chi connectivity index (χ1n) is 14.2. The smallest absolute Gasteiger partial charge is 0.338 e. The molecule has 0 saturated heterocycles. The Bertz CT molecular complexity index is 1770. The Kier molecular flexibility index (Phi) is 7.22. The summed E-state index contributed by atoms with van der Waals surface area (Å²) >= 11 is 6.23. The summed E-state index contributed by atoms with van der Waals surface area (Å²) in [5.74, 6) is -0.593. The van der Waals surface area contributed by atoms with Crippen LogP contribution in [0.1, 0.15) is 50.8 Å². The summed E-state index contributed by atoms with van der Waals surface area (Å²) in [6, 6.07) is 16.9. The molecule has 0 bridgehead atoms. The first kappa shape index (κ1) is 28.5. The van der Waals surface area contributed by atoms with Crippen LogP contribution in [0.2, 0.25) is 5.02 Å². The number of esters is 1. The number of aromatic nitrogens is 4. The quantitative estimate of drug-likeness (QED) is 0.272. The Morgan fingerprint density at radius 2 is 1.81 bits per heavy atom. The molecule has 1 aliphatic heterocycles. The van der Waals surface area contributed by atoms with Crippen molar-refractivity contribution in [2.45, 2.75) is 46.5 Å². The third-order valence-electron chi connectivity index (χ3n) is 7.96. The van der Waals surface area contributed by atoms with E-state index in [1.54, 1.807) is 31.6 Å². The van der Waals surface area contributed by atoms with Crippen LogP contribution >= 0.6 is 11.6 Å². The summed E-state index contributed by atoms with van der Waals surface area (Å²) in [7, 11) is 0. The van der Waals surface area contributed by atoms with E-state index in [0.717, 1.165) is 11.4 Å². The molecule has 0 fully saturated rings. The van der Waals surface area contributed by atoms with Gasteiger partial charge in [-0.3, -0.25) is 14.3 Å². The Labute approximate surface area is 255 Å². The first-order valence-corrected chi connectivity index (χ1v) is 14.6. The van der Waals surface area contributed by atoms with E-state index in [0.29, 0.717) is 46.2 Å². The fourth-order valence-electron chi connectivity index (χ4n) is 6.24. The average molecular weight is 597 g/mol. The van der Waals surface area contributed by atoms with Gasteiger partial charge in [0.05, 0.1) is 29.5 Å². The van der Waals surface area contributed by atoms with Gasteiger partial charge in [-0.25, -0.2) is 14.5 Å². The van der Waals surface area contributed by atoms with Crippen molar-refractivity contribution in [3.05, 3.63) is 112 Å². The Balaban J connectivity index is 1.70. The van der Waals surface area contributed by atoms with Crippen LogP contribution in [0.25, 0.3) is 11.5 Å². The molecule has 1 aliphatic carbocycles. The van der Waals surface area contributed by atoms with Crippen molar-refractivity contribution in [2.75, 3.05) is 11.5 Å². The molecule has 0 spiro atoms. The van der Waals surface area contributed by atoms with Crippen molar-refractivity contribution in [2.24, 2.45) is 11.1 Å². The largest absolute Gasteiger partial charge is 0.463 e. The van der Waals surface area contributed by atoms with Gasteiger partial charge in [0, 0.05) is 46.4 Å². The van der Waals surface area contributed by atoms with Gasteiger partial charge in [-0.2, -0.15) is 5.10 Å². The summed E-state index contributed by atoms with van der Waals surface area (Å²) in [6.07, 6.45) is 6.07. The van der Waals surface area contributed by atoms with E-state index in [1.165, 1.54) is 0 Å². The lowest BCUT2D eigenvalue weighted by molar-refractivity contribution is -0.138. The number of carbonyl (C=O) groups is 2. The molecule has 3 heterocycles. The van der Waals surface area contributed by atoms with Gasteiger partial charge in [0.1, 0.15) is 18.0 Å². The highest BCUT2D eigenvalue weighted by atomic mass is 35.5. The van der Waals surface area contributed by atoms with Gasteiger partial charge in [-0.15, -0.1) is 0 Å². The summed E-state index contributed by atoms with van der Waals surface area (Å²) in [5, 5.41) is 5.51. The van der Waals surface area contributed by atoms with Crippen LogP contribution < -0.4 is 10.6 Å². The van der Waals surface area contributed by atoms with Crippen molar-refractivity contribution in [3.63, 3.8) is 0 Å². The molecule has 2 aromatic heterocycles. The number of carbonyl (C=O) groups excluding carboxylic acids is 2. The van der Waals surface area contributed by atoms with E-state index in [9.17, 15) is 9.59 Å². The molecule has 0 saturated carbocycles. The number of halogens is 1. The number of nitrogens with two attached hydrogens (primary N) is 1. The van der Waals surface area contributed by atoms with Gasteiger partial charge in [0.15, 0.2) is 5.78 Å². The zero-order valence-corrected chi connectivity index (χ0v) is 25.3. The molecule has 43 heavy (non-hydrogen) atoms. The van der Waals surface area contributed by atoms with Crippen LogP contribution in [-0.4, -0.2) is 37.7 Å². The van der Waals surface area contributed by atoms with E-state index in [1.807, 2.05) is 69.7 Å². The highest BCUT2D eigenvalue weighted by molar-refractivity contribution is 6.30. The number of hydrogen-bond acceptors (Lipinski definition) is 7. The maximum Gasteiger partial charge on any atom is 0.338 e. The second kappa shape index (κ2) is 10.9. The normalized spacial score (nSPS) is 18.2. The molecule has 0 amide bonds. The fourth-order valence-corrected chi connectivity index (χ4v) is 6.37. The van der Waals surface area contributed by atoms with E-state index >= 15 is 0 Å². The predicted octanol–water partition coefficient (Wildman–Crippen LogP) is 6.00. The van der Waals surface area contributed by atoms with Crippen LogP contribution in [0.3, 0.4) is 0 Å². The predicted molar refractivity (Wildman–Crippen MR) is 165 cm³/mol. The maximum atomic E-state index is 14.3. The SMILES string of the molecule is CCOC(=O)C1=C(N)N(c2ccc(Cl)cc2)C2=C(C(=O)CC(C)(C)C2)C1c1c(C)nn(-c2ccccc2)c1-n1ccnc1. The number of anilines is 1. The van der Waals surface area contributed by atoms with Crippen LogP contribution in [0, 0.1) is 12.3 Å². The molecule has 2 aromatic carbocycles. The minimum Gasteiger partial charge on any atom is -0.463 e. The molecule has 1 unspecified atom stereocenters. The van der Waals surface area contributed by atoms with Crippen molar-refractivity contribution >= 4 is 29.0 Å². The van der Waals surface area contributed by atoms with Crippen LogP contribution in [0.4, 0.5) is 5.69 Å². The molecular weight excluding hydrogens is 564 g/mol. The average Bonchev–Trinajstić information content (AvgIpc) is 3.61. The van der Waals surface area contributed by atoms with Gasteiger partial charge in [0.25, 0.3) is 0 Å². The number of rotatable bonds is 6. The molecule has 10 heteroatoms. The third-order valence-corrected chi connectivity index (χ3v) is 8.21. The lowest BCUT2D eigenvalue weighted by atomic mass is 9.68. The molecule has 4 aromatic rings. The summed E-state index contributed by atoms with van der Waals surface area (Å²) in [6.45, 7) is 7.92. The minimum absolute atomic E-state index is 0.0482. The highest BCUT2D eigenvalue weighted by Gasteiger charge is 2.48. The monoisotopic (exact) mass is 596 g/mol. The zero-order valence-electron chi connectivity index (χ0n) is 24.5. The summed E-state index contributed by atoms with van der Waals surface area (Å²) in [4.78, 5) is 34.4. The van der Waals surface area contributed by atoms with E-state index in [2.05, 4.69) is 18.8 Å². The molecule has 2 N–H and O–H groups in total. The van der Waals surface area contributed by atoms with Crippen molar-refractivity contribution in [3.8, 4) is 11.5 Å². The fraction of sp³-hybridized carbons (Fsp3) is 0.273. The van der Waals surface area contributed by atoms with Crippen molar-refractivity contribution in [1.82, 2.24) is 19.3 Å². The Hall–Kier alpha value is -4.63. The number of nitrogens with zero attached hydrogens (tertiary/aromatic N) is 5. The van der Waals surface area contributed by atoms with Gasteiger partial charge in [0.2, 0.25) is 0 Å². The number of ether oxygens (including phenoxy) is 1. The molecule has 9 nitrogen and oxygen atoms in total. The van der Waals surface area contributed by atoms with Gasteiger partial charge in [-0.1, -0.05) is 43.6 Å². The van der Waals surface area contributed by atoms with Gasteiger partial charge in [-0.05, 0) is 62.1 Å². The lowest BCUT2D eigenvalue weighted by Gasteiger charge is -2.44. The topological polar surface area (TPSA) is 108 Å². The van der Waals surface area contributed by atoms with E-state index in [4.69, 9.17) is 27.2 Å². The molecule has 220 valence electrons. The number of aryl methyl sites for hydroxylation is 1. The summed E-state index contributed by atoms with van der Waals surface area (Å²) < 4.78 is 9.29. The molecule has 1 atom stereocenters. The van der Waals surface area contributed by atoms with Gasteiger partial charge < -0.3 is 10.5 Å². The zero-order chi connectivity index (χ0) is 30.5. The van der Waals surface area contributed by atoms with Crippen molar-refractivity contribution in [1.29, 1.82) is 0 Å². The standard InChI is InChI=1S/C33H33ClN6O3/c1-5-43-32(42)29-28(26-20(2)37-40(23-9-7-6-8-10-23)31(26)38-16-15-36-19-38)27-24(17-33(3,4)18-25(27)41)39(30(29)35)22-13-11-21(34)12-14-22/h6-16,19,28H,5,17-18,35H2,1-4H3. The van der Waals surface area contributed by atoms with E-state index < -0.39 is 11.9 Å². The van der Waals surface area contributed by atoms with Crippen LogP contribution in [0.5, 0.6) is 0 Å². The van der Waals surface area contributed by atoms with Gasteiger partial charge >= 0.3 is 5.97 Å². The maximum absolute atomic E-state index is 14.3. The Morgan fingerprint density at radius 1 is 1.09 bits per heavy atom. The third kappa shape index (κ3) is 4.93. The number of imidazole rings is 1. The van der Waals surface area contributed by atoms with Crippen molar-refractivity contribution < 1.29 is 14.3 Å². The lowest BCUT2D eigenvalue weighted by Crippen LogP contribution is -2.44. The number of ketones is 1. The number of Topliss-reactive ketones (excluding diaryl/α,β-unsaturated/α-hetero) is 1. The highest BCUT2D eigenvalue weighted by Crippen LogP contribution is 2.52. The van der Waals surface area contributed by atoms with Crippen LogP contribution in [-0.2, 0) is 14.3 Å². The second-order valence-electron chi connectivity index (χ2n) is 11.6. The number of benzene rings is 2. The minimum atomic E-state index is -0.823.